The predicted molar refractivity (Wildman–Crippen MR) is 133 cm³/mol. The number of hydrogen-bond acceptors (Lipinski definition) is 7. The third kappa shape index (κ3) is 5.20. The van der Waals surface area contributed by atoms with E-state index in [1.807, 2.05) is 55.0 Å². The summed E-state index contributed by atoms with van der Waals surface area (Å²) in [5.41, 5.74) is 3.47. The number of thioether (sulfide) groups is 1. The van der Waals surface area contributed by atoms with Gasteiger partial charge in [0.2, 0.25) is 0 Å². The van der Waals surface area contributed by atoms with Crippen molar-refractivity contribution >= 4 is 40.9 Å². The normalized spacial score (nSPS) is 13.8. The summed E-state index contributed by atoms with van der Waals surface area (Å²) < 4.78 is 7.20. The van der Waals surface area contributed by atoms with Crippen LogP contribution in [0, 0.1) is 13.8 Å². The maximum Gasteiger partial charge on any atom is 0.338 e. The molecular weight excluding hydrogens is 474 g/mol. The monoisotopic (exact) mass is 499 g/mol. The highest BCUT2D eigenvalue weighted by Crippen LogP contribution is 2.25. The third-order valence-corrected chi connectivity index (χ3v) is 6.67. The van der Waals surface area contributed by atoms with Gasteiger partial charge in [-0.25, -0.2) is 4.79 Å². The number of nitrogens with zero attached hydrogens (tertiary/aromatic N) is 5. The van der Waals surface area contributed by atoms with Crippen molar-refractivity contribution in [2.24, 2.45) is 0 Å². The van der Waals surface area contributed by atoms with E-state index in [0.29, 0.717) is 36.8 Å². The van der Waals surface area contributed by atoms with Crippen LogP contribution in [0.1, 0.15) is 21.7 Å². The van der Waals surface area contributed by atoms with Crippen LogP contribution in [0.4, 0.5) is 5.69 Å². The molecule has 0 atom stereocenters. The van der Waals surface area contributed by atoms with E-state index in [9.17, 15) is 9.59 Å². The summed E-state index contributed by atoms with van der Waals surface area (Å²) in [6.45, 7) is 6.16. The van der Waals surface area contributed by atoms with Crippen LogP contribution in [-0.4, -0.2) is 70.6 Å². The highest BCUT2D eigenvalue weighted by molar-refractivity contribution is 7.98. The van der Waals surface area contributed by atoms with Gasteiger partial charge in [0, 0.05) is 42.6 Å². The van der Waals surface area contributed by atoms with Gasteiger partial charge in [-0.3, -0.25) is 9.36 Å². The predicted octanol–water partition coefficient (Wildman–Crippen LogP) is 3.77. The SMILES string of the molecule is CSc1nnc(C)n1-c1ccc(C(=O)OCC(=O)N2CCN(c3cc(Cl)ccc3C)CC2)cc1. The number of amides is 1. The van der Waals surface area contributed by atoms with Crippen LogP contribution in [0.15, 0.2) is 47.6 Å². The number of ether oxygens (including phenoxy) is 1. The Labute approximate surface area is 207 Å². The molecule has 4 rings (SSSR count). The van der Waals surface area contributed by atoms with Crippen LogP contribution in [0.25, 0.3) is 5.69 Å². The topological polar surface area (TPSA) is 80.6 Å². The van der Waals surface area contributed by atoms with E-state index < -0.39 is 5.97 Å². The van der Waals surface area contributed by atoms with E-state index in [2.05, 4.69) is 15.1 Å². The fraction of sp³-hybridized carbons (Fsp3) is 0.333. The number of rotatable bonds is 6. The quantitative estimate of drug-likeness (QED) is 0.377. The molecule has 3 aromatic rings. The fourth-order valence-corrected chi connectivity index (χ4v) is 4.65. The number of esters is 1. The van der Waals surface area contributed by atoms with Crippen LogP contribution in [-0.2, 0) is 9.53 Å². The number of aryl methyl sites for hydroxylation is 2. The number of hydrogen-bond donors (Lipinski definition) is 0. The van der Waals surface area contributed by atoms with Crippen LogP contribution in [0.3, 0.4) is 0 Å². The smallest absolute Gasteiger partial charge is 0.338 e. The number of halogens is 1. The first-order valence-corrected chi connectivity index (χ1v) is 12.5. The van der Waals surface area contributed by atoms with E-state index >= 15 is 0 Å². The first kappa shape index (κ1) is 24.1. The number of aromatic nitrogens is 3. The lowest BCUT2D eigenvalue weighted by atomic mass is 10.1. The van der Waals surface area contributed by atoms with Crippen molar-refractivity contribution < 1.29 is 14.3 Å². The molecule has 10 heteroatoms. The second-order valence-electron chi connectivity index (χ2n) is 7.99. The largest absolute Gasteiger partial charge is 0.452 e. The number of carbonyl (C=O) groups is 2. The molecule has 2 aromatic carbocycles. The lowest BCUT2D eigenvalue weighted by Crippen LogP contribution is -2.50. The van der Waals surface area contributed by atoms with Crippen LogP contribution < -0.4 is 4.90 Å². The highest BCUT2D eigenvalue weighted by Gasteiger charge is 2.23. The van der Waals surface area contributed by atoms with Gasteiger partial charge >= 0.3 is 5.97 Å². The van der Waals surface area contributed by atoms with Gasteiger partial charge in [-0.05, 0) is 62.1 Å². The zero-order valence-corrected chi connectivity index (χ0v) is 20.9. The van der Waals surface area contributed by atoms with Crippen molar-refractivity contribution in [3.63, 3.8) is 0 Å². The molecule has 0 radical (unpaired) electrons. The van der Waals surface area contributed by atoms with Crippen LogP contribution >= 0.6 is 23.4 Å². The van der Waals surface area contributed by atoms with Gasteiger partial charge in [-0.2, -0.15) is 0 Å². The Balaban J connectivity index is 1.30. The summed E-state index contributed by atoms with van der Waals surface area (Å²) in [6.07, 6.45) is 1.93. The fourth-order valence-electron chi connectivity index (χ4n) is 3.94. The molecule has 8 nitrogen and oxygen atoms in total. The molecule has 1 aliphatic heterocycles. The summed E-state index contributed by atoms with van der Waals surface area (Å²) in [5.74, 6) is 0.0340. The third-order valence-electron chi connectivity index (χ3n) is 5.81. The summed E-state index contributed by atoms with van der Waals surface area (Å²) in [6, 6.07) is 12.8. The lowest BCUT2D eigenvalue weighted by Gasteiger charge is -2.36. The van der Waals surface area contributed by atoms with E-state index in [1.165, 1.54) is 11.8 Å². The molecule has 0 spiro atoms. The van der Waals surface area contributed by atoms with Crippen molar-refractivity contribution in [1.82, 2.24) is 19.7 Å². The minimum Gasteiger partial charge on any atom is -0.452 e. The minimum atomic E-state index is -0.529. The molecule has 1 aromatic heterocycles. The van der Waals surface area contributed by atoms with Gasteiger partial charge < -0.3 is 14.5 Å². The lowest BCUT2D eigenvalue weighted by molar-refractivity contribution is -0.134. The zero-order valence-electron chi connectivity index (χ0n) is 19.3. The van der Waals surface area contributed by atoms with Crippen molar-refractivity contribution in [3.05, 3.63) is 64.4 Å². The molecule has 0 saturated carbocycles. The molecule has 1 fully saturated rings. The van der Waals surface area contributed by atoms with Gasteiger partial charge in [-0.15, -0.1) is 10.2 Å². The number of benzene rings is 2. The van der Waals surface area contributed by atoms with Crippen molar-refractivity contribution in [2.75, 3.05) is 43.9 Å². The van der Waals surface area contributed by atoms with Crippen LogP contribution in [0.5, 0.6) is 0 Å². The maximum absolute atomic E-state index is 12.6. The molecule has 1 saturated heterocycles. The first-order chi connectivity index (χ1) is 16.4. The summed E-state index contributed by atoms with van der Waals surface area (Å²) in [4.78, 5) is 29.0. The van der Waals surface area contributed by atoms with Crippen molar-refractivity contribution in [2.45, 2.75) is 19.0 Å². The van der Waals surface area contributed by atoms with Crippen LogP contribution in [0.2, 0.25) is 5.02 Å². The van der Waals surface area contributed by atoms with E-state index in [4.69, 9.17) is 16.3 Å². The number of carbonyl (C=O) groups excluding carboxylic acids is 2. The van der Waals surface area contributed by atoms with Gasteiger partial charge in [-0.1, -0.05) is 29.4 Å². The number of anilines is 1. The Kier molecular flexibility index (Phi) is 7.43. The Bertz CT molecular complexity index is 1190. The Morgan fingerprint density at radius 1 is 1.03 bits per heavy atom. The minimum absolute atomic E-state index is 0.197. The number of piperazine rings is 1. The molecule has 0 N–H and O–H groups in total. The molecule has 0 bridgehead atoms. The summed E-state index contributed by atoms with van der Waals surface area (Å²) in [7, 11) is 0. The second kappa shape index (κ2) is 10.5. The molecular formula is C24H26ClN5O3S. The standard InChI is InChI=1S/C24H26ClN5O3S/c1-16-4-7-19(25)14-21(16)28-10-12-29(13-11-28)22(31)15-33-23(32)18-5-8-20(9-6-18)30-17(2)26-27-24(30)34-3/h4-9,14H,10-13,15H2,1-3H3. The molecule has 34 heavy (non-hydrogen) atoms. The van der Waals surface area contributed by atoms with E-state index in [0.717, 1.165) is 27.9 Å². The zero-order chi connectivity index (χ0) is 24.2. The molecule has 0 aliphatic carbocycles. The first-order valence-electron chi connectivity index (χ1n) is 10.9. The maximum atomic E-state index is 12.6. The molecule has 2 heterocycles. The Hall–Kier alpha value is -3.04. The van der Waals surface area contributed by atoms with Gasteiger partial charge in [0.25, 0.3) is 5.91 Å². The van der Waals surface area contributed by atoms with E-state index in [-0.39, 0.29) is 12.5 Å². The highest BCUT2D eigenvalue weighted by atomic mass is 35.5. The average Bonchev–Trinajstić information content (AvgIpc) is 3.24. The molecule has 178 valence electrons. The van der Waals surface area contributed by atoms with Crippen molar-refractivity contribution in [1.29, 1.82) is 0 Å². The second-order valence-corrected chi connectivity index (χ2v) is 9.20. The summed E-state index contributed by atoms with van der Waals surface area (Å²) >= 11 is 7.64. The van der Waals surface area contributed by atoms with E-state index in [1.54, 1.807) is 17.0 Å². The van der Waals surface area contributed by atoms with Gasteiger partial charge in [0.15, 0.2) is 11.8 Å². The molecule has 1 aliphatic rings. The van der Waals surface area contributed by atoms with Crippen molar-refractivity contribution in [3.8, 4) is 5.69 Å². The Morgan fingerprint density at radius 3 is 2.41 bits per heavy atom. The Morgan fingerprint density at radius 2 is 1.74 bits per heavy atom. The molecule has 1 amide bonds. The average molecular weight is 500 g/mol. The summed E-state index contributed by atoms with van der Waals surface area (Å²) in [5, 5.41) is 9.68. The van der Waals surface area contributed by atoms with Gasteiger partial charge in [0.05, 0.1) is 5.56 Å². The van der Waals surface area contributed by atoms with Gasteiger partial charge in [0.1, 0.15) is 5.82 Å². The molecule has 0 unspecified atom stereocenters.